The summed E-state index contributed by atoms with van der Waals surface area (Å²) in [5.74, 6) is 4.50. The molecule has 0 fully saturated rings. The lowest BCUT2D eigenvalue weighted by molar-refractivity contribution is 0.292. The van der Waals surface area contributed by atoms with Crippen molar-refractivity contribution in [3.63, 3.8) is 0 Å². The van der Waals surface area contributed by atoms with Gasteiger partial charge in [-0.2, -0.15) is 16.1 Å². The molecule has 0 bridgehead atoms. The van der Waals surface area contributed by atoms with Gasteiger partial charge in [-0.1, -0.05) is 11.6 Å². The lowest BCUT2D eigenvalue weighted by Gasteiger charge is -2.13. The van der Waals surface area contributed by atoms with Crippen LogP contribution in [0.15, 0.2) is 18.5 Å². The summed E-state index contributed by atoms with van der Waals surface area (Å²) in [6.45, 7) is 0. The molecule has 7 nitrogen and oxygen atoms in total. The maximum absolute atomic E-state index is 14.0. The largest absolute Gasteiger partial charge is 0.489 e. The highest BCUT2D eigenvalue weighted by Crippen LogP contribution is 2.35. The van der Waals surface area contributed by atoms with E-state index in [1.165, 1.54) is 13.2 Å². The van der Waals surface area contributed by atoms with Gasteiger partial charge in [-0.25, -0.2) is 9.37 Å². The SMILES string of the molecule is COc1c(Nc2c(F)cc(C#N)cc2Cl)ncnc1ON. The average Bonchev–Trinajstić information content (AvgIpc) is 2.50. The molecule has 0 amide bonds. The third-order valence-corrected chi connectivity index (χ3v) is 2.80. The molecule has 0 atom stereocenters. The number of hydrogen-bond acceptors (Lipinski definition) is 7. The molecule has 1 aromatic carbocycles. The normalized spacial score (nSPS) is 9.86. The predicted octanol–water partition coefficient (Wildman–Crippen LogP) is 2.15. The van der Waals surface area contributed by atoms with Crippen LogP contribution in [-0.2, 0) is 0 Å². The first kappa shape index (κ1) is 14.8. The van der Waals surface area contributed by atoms with Crippen molar-refractivity contribution in [1.29, 1.82) is 5.26 Å². The number of nitriles is 1. The number of anilines is 2. The Morgan fingerprint density at radius 3 is 2.76 bits per heavy atom. The van der Waals surface area contributed by atoms with Crippen molar-refractivity contribution < 1.29 is 14.0 Å². The number of halogens is 2. The first-order valence-corrected chi connectivity index (χ1v) is 5.90. The first-order chi connectivity index (χ1) is 10.1. The van der Waals surface area contributed by atoms with Gasteiger partial charge in [0, 0.05) is 0 Å². The van der Waals surface area contributed by atoms with Crippen LogP contribution < -0.4 is 20.8 Å². The minimum Gasteiger partial charge on any atom is -0.489 e. The van der Waals surface area contributed by atoms with Gasteiger partial charge in [0.15, 0.2) is 5.82 Å². The molecule has 0 radical (unpaired) electrons. The Morgan fingerprint density at radius 1 is 1.43 bits per heavy atom. The Bertz CT molecular complexity index is 696. The van der Waals surface area contributed by atoms with Crippen LogP contribution in [0, 0.1) is 17.1 Å². The Hall–Kier alpha value is -2.63. The summed E-state index contributed by atoms with van der Waals surface area (Å²) in [4.78, 5) is 12.2. The zero-order chi connectivity index (χ0) is 15.4. The first-order valence-electron chi connectivity index (χ1n) is 5.52. The molecule has 1 heterocycles. The fourth-order valence-electron chi connectivity index (χ4n) is 1.59. The van der Waals surface area contributed by atoms with Crippen LogP contribution in [0.5, 0.6) is 11.6 Å². The number of hydrogen-bond donors (Lipinski definition) is 2. The van der Waals surface area contributed by atoms with Gasteiger partial charge in [-0.3, -0.25) is 0 Å². The summed E-state index contributed by atoms with van der Waals surface area (Å²) in [5.41, 5.74) is 0.0410. The molecule has 0 saturated heterocycles. The minimum absolute atomic E-state index is 0.0161. The van der Waals surface area contributed by atoms with E-state index < -0.39 is 5.82 Å². The molecule has 0 aliphatic carbocycles. The van der Waals surface area contributed by atoms with E-state index in [2.05, 4.69) is 20.1 Å². The van der Waals surface area contributed by atoms with Crippen molar-refractivity contribution in [1.82, 2.24) is 9.97 Å². The third kappa shape index (κ3) is 2.94. The van der Waals surface area contributed by atoms with Gasteiger partial charge < -0.3 is 14.9 Å². The van der Waals surface area contributed by atoms with Crippen LogP contribution in [0.1, 0.15) is 5.56 Å². The second-order valence-corrected chi connectivity index (χ2v) is 4.14. The fourth-order valence-corrected chi connectivity index (χ4v) is 1.85. The molecule has 0 aliphatic rings. The number of nitrogens with two attached hydrogens (primary N) is 1. The summed E-state index contributed by atoms with van der Waals surface area (Å²) in [7, 11) is 1.35. The zero-order valence-electron chi connectivity index (χ0n) is 10.7. The lowest BCUT2D eigenvalue weighted by Crippen LogP contribution is -2.08. The van der Waals surface area contributed by atoms with Crippen LogP contribution in [0.4, 0.5) is 15.9 Å². The molecule has 2 rings (SSSR count). The van der Waals surface area contributed by atoms with Gasteiger partial charge in [0.1, 0.15) is 12.1 Å². The van der Waals surface area contributed by atoms with Crippen LogP contribution in [0.25, 0.3) is 0 Å². The van der Waals surface area contributed by atoms with Gasteiger partial charge in [-0.15, -0.1) is 0 Å². The Labute approximate surface area is 124 Å². The second-order valence-electron chi connectivity index (χ2n) is 3.73. The van der Waals surface area contributed by atoms with Gasteiger partial charge in [0.2, 0.25) is 5.75 Å². The second kappa shape index (κ2) is 6.21. The highest BCUT2D eigenvalue weighted by molar-refractivity contribution is 6.33. The molecule has 21 heavy (non-hydrogen) atoms. The van der Waals surface area contributed by atoms with Crippen molar-refractivity contribution in [2.45, 2.75) is 0 Å². The molecule has 3 N–H and O–H groups in total. The molecule has 0 unspecified atom stereocenters. The number of ether oxygens (including phenoxy) is 1. The molecule has 9 heteroatoms. The zero-order valence-corrected chi connectivity index (χ0v) is 11.5. The van der Waals surface area contributed by atoms with Crippen LogP contribution in [0.2, 0.25) is 5.02 Å². The van der Waals surface area contributed by atoms with Crippen LogP contribution in [-0.4, -0.2) is 17.1 Å². The average molecular weight is 310 g/mol. The highest BCUT2D eigenvalue weighted by Gasteiger charge is 2.17. The molecule has 1 aromatic heterocycles. The molecule has 108 valence electrons. The van der Waals surface area contributed by atoms with Crippen molar-refractivity contribution in [3.8, 4) is 17.7 Å². The maximum Gasteiger partial charge on any atom is 0.285 e. The van der Waals surface area contributed by atoms with Crippen molar-refractivity contribution >= 4 is 23.1 Å². The smallest absolute Gasteiger partial charge is 0.285 e. The van der Waals surface area contributed by atoms with E-state index in [1.807, 2.05) is 0 Å². The standard InChI is InChI=1S/C12H9ClFN5O2/c1-20-10-11(17-5-18-12(10)21-16)19-9-7(13)2-6(4-15)3-8(9)14/h2-3,5H,16H2,1H3,(H,17,18,19). The summed E-state index contributed by atoms with van der Waals surface area (Å²) in [6.07, 6.45) is 1.16. The number of methoxy groups -OCH3 is 1. The van der Waals surface area contributed by atoms with Gasteiger partial charge in [0.25, 0.3) is 5.88 Å². The molecule has 2 aromatic rings. The Balaban J connectivity index is 2.46. The third-order valence-electron chi connectivity index (χ3n) is 2.50. The Morgan fingerprint density at radius 2 is 2.19 bits per heavy atom. The monoisotopic (exact) mass is 309 g/mol. The van der Waals surface area contributed by atoms with E-state index in [1.54, 1.807) is 6.07 Å². The van der Waals surface area contributed by atoms with Gasteiger partial charge in [-0.05, 0) is 12.1 Å². The molecule has 0 saturated carbocycles. The van der Waals surface area contributed by atoms with E-state index in [9.17, 15) is 4.39 Å². The van der Waals surface area contributed by atoms with E-state index in [0.29, 0.717) is 0 Å². The number of rotatable bonds is 4. The van der Waals surface area contributed by atoms with E-state index in [0.717, 1.165) is 12.4 Å². The molecule has 0 spiro atoms. The summed E-state index contributed by atoms with van der Waals surface area (Å²) < 4.78 is 19.0. The lowest BCUT2D eigenvalue weighted by atomic mass is 10.2. The molecular formula is C12H9ClFN5O2. The van der Waals surface area contributed by atoms with E-state index >= 15 is 0 Å². The summed E-state index contributed by atoms with van der Waals surface area (Å²) in [5, 5.41) is 11.4. The van der Waals surface area contributed by atoms with Crippen molar-refractivity contribution in [2.24, 2.45) is 5.90 Å². The van der Waals surface area contributed by atoms with Crippen LogP contribution in [0.3, 0.4) is 0 Å². The number of nitrogens with one attached hydrogen (secondary N) is 1. The van der Waals surface area contributed by atoms with Gasteiger partial charge in [0.05, 0.1) is 29.5 Å². The van der Waals surface area contributed by atoms with Crippen molar-refractivity contribution in [3.05, 3.63) is 34.9 Å². The quantitative estimate of drug-likeness (QED) is 0.833. The maximum atomic E-state index is 14.0. The van der Waals surface area contributed by atoms with E-state index in [-0.39, 0.29) is 33.7 Å². The number of benzene rings is 1. The fraction of sp³-hybridized carbons (Fsp3) is 0.0833. The van der Waals surface area contributed by atoms with Gasteiger partial charge >= 0.3 is 0 Å². The van der Waals surface area contributed by atoms with E-state index in [4.69, 9.17) is 27.5 Å². The number of aromatic nitrogens is 2. The summed E-state index contributed by atoms with van der Waals surface area (Å²) >= 11 is 5.94. The number of nitrogens with zero attached hydrogens (tertiary/aromatic N) is 3. The molecular weight excluding hydrogens is 301 g/mol. The molecule has 0 aliphatic heterocycles. The minimum atomic E-state index is -0.713. The summed E-state index contributed by atoms with van der Waals surface area (Å²) in [6, 6.07) is 4.17. The topological polar surface area (TPSA) is 106 Å². The van der Waals surface area contributed by atoms with Crippen LogP contribution >= 0.6 is 11.6 Å². The predicted molar refractivity (Wildman–Crippen MR) is 72.8 cm³/mol. The van der Waals surface area contributed by atoms with Crippen molar-refractivity contribution in [2.75, 3.05) is 12.4 Å². The highest BCUT2D eigenvalue weighted by atomic mass is 35.5. The Kier molecular flexibility index (Phi) is 4.37.